The first kappa shape index (κ1) is 21.0. The quantitative estimate of drug-likeness (QED) is 0.364. The van der Waals surface area contributed by atoms with Crippen LogP contribution in [0.3, 0.4) is 0 Å². The number of rotatable bonds is 6. The second kappa shape index (κ2) is 8.96. The van der Waals surface area contributed by atoms with Gasteiger partial charge in [-0.25, -0.2) is 0 Å². The zero-order chi connectivity index (χ0) is 22.8. The fourth-order valence-corrected chi connectivity index (χ4v) is 4.43. The van der Waals surface area contributed by atoms with Gasteiger partial charge in [-0.1, -0.05) is 6.07 Å². The predicted molar refractivity (Wildman–Crippen MR) is 131 cm³/mol. The van der Waals surface area contributed by atoms with Crippen molar-refractivity contribution in [2.45, 2.75) is 19.0 Å². The van der Waals surface area contributed by atoms with Gasteiger partial charge in [0.1, 0.15) is 29.1 Å². The van der Waals surface area contributed by atoms with Gasteiger partial charge < -0.3 is 24.5 Å². The number of hydrogen-bond acceptors (Lipinski definition) is 5. The molecular formula is C26H23N3O3S. The first-order valence-corrected chi connectivity index (χ1v) is 11.2. The van der Waals surface area contributed by atoms with Crippen molar-refractivity contribution in [1.82, 2.24) is 10.3 Å². The van der Waals surface area contributed by atoms with Crippen molar-refractivity contribution in [2.24, 2.45) is 0 Å². The number of aromatic nitrogens is 1. The van der Waals surface area contributed by atoms with E-state index in [1.807, 2.05) is 78.6 Å². The molecule has 1 aliphatic rings. The van der Waals surface area contributed by atoms with Crippen LogP contribution in [0.15, 0.2) is 89.5 Å². The van der Waals surface area contributed by atoms with Crippen molar-refractivity contribution in [1.29, 1.82) is 0 Å². The lowest BCUT2D eigenvalue weighted by molar-refractivity contribution is 0.340. The smallest absolute Gasteiger partial charge is 0.174 e. The summed E-state index contributed by atoms with van der Waals surface area (Å²) in [6.07, 6.45) is 1.77. The number of phenolic OH excluding ortho intramolecular Hbond substituents is 1. The highest BCUT2D eigenvalue weighted by Gasteiger charge is 2.42. The Labute approximate surface area is 197 Å². The summed E-state index contributed by atoms with van der Waals surface area (Å²) in [5.74, 6) is 2.55. The number of anilines is 1. The second-order valence-electron chi connectivity index (χ2n) is 7.67. The van der Waals surface area contributed by atoms with E-state index in [1.165, 1.54) is 0 Å². The Morgan fingerprint density at radius 1 is 1.03 bits per heavy atom. The Bertz CT molecular complexity index is 1240. The molecular weight excluding hydrogens is 434 g/mol. The van der Waals surface area contributed by atoms with Crippen LogP contribution in [0, 0.1) is 0 Å². The summed E-state index contributed by atoms with van der Waals surface area (Å²) in [7, 11) is 0. The number of furan rings is 1. The highest BCUT2D eigenvalue weighted by molar-refractivity contribution is 7.80. The van der Waals surface area contributed by atoms with Crippen LogP contribution in [0.1, 0.15) is 30.5 Å². The van der Waals surface area contributed by atoms with Crippen LogP contribution < -0.4 is 15.0 Å². The lowest BCUT2D eigenvalue weighted by Gasteiger charge is -2.26. The molecule has 0 spiro atoms. The van der Waals surface area contributed by atoms with Gasteiger partial charge in [-0.15, -0.1) is 0 Å². The van der Waals surface area contributed by atoms with E-state index in [0.717, 1.165) is 34.2 Å². The third-order valence-electron chi connectivity index (χ3n) is 5.59. The van der Waals surface area contributed by atoms with Crippen LogP contribution in [0.5, 0.6) is 11.5 Å². The highest BCUT2D eigenvalue weighted by atomic mass is 32.1. The van der Waals surface area contributed by atoms with Crippen LogP contribution in [-0.4, -0.2) is 21.8 Å². The highest BCUT2D eigenvalue weighted by Crippen LogP contribution is 2.43. The molecule has 3 heterocycles. The molecule has 6 nitrogen and oxygen atoms in total. The number of nitrogens with one attached hydrogen (secondary N) is 1. The minimum Gasteiger partial charge on any atom is -0.508 e. The monoisotopic (exact) mass is 457 g/mol. The molecule has 1 saturated heterocycles. The summed E-state index contributed by atoms with van der Waals surface area (Å²) in [5, 5.41) is 13.7. The summed E-state index contributed by atoms with van der Waals surface area (Å²) in [6.45, 7) is 2.59. The van der Waals surface area contributed by atoms with Crippen molar-refractivity contribution in [2.75, 3.05) is 11.5 Å². The van der Waals surface area contributed by atoms with Gasteiger partial charge in [-0.2, -0.15) is 0 Å². The SMILES string of the molecule is CCOc1ccc(-c2ccc(C3C(c4ccccn4)NC(=S)N3c3ccc(O)cc3)o2)cc1. The average Bonchev–Trinajstić information content (AvgIpc) is 3.46. The van der Waals surface area contributed by atoms with Crippen molar-refractivity contribution in [3.63, 3.8) is 0 Å². The molecule has 2 aromatic carbocycles. The zero-order valence-corrected chi connectivity index (χ0v) is 18.8. The molecule has 5 rings (SSSR count). The standard InChI is InChI=1S/C26H23N3O3S/c1-2-31-20-12-6-17(7-13-20)22-14-15-23(32-22)25-24(21-5-3-4-16-27-21)28-26(33)29(25)18-8-10-19(30)11-9-18/h3-16,24-25,30H,2H2,1H3,(H,28,33). The Kier molecular flexibility index (Phi) is 5.71. The molecule has 2 atom stereocenters. The summed E-state index contributed by atoms with van der Waals surface area (Å²) in [5.41, 5.74) is 2.68. The Morgan fingerprint density at radius 2 is 1.82 bits per heavy atom. The van der Waals surface area contributed by atoms with E-state index >= 15 is 0 Å². The Balaban J connectivity index is 1.54. The molecule has 7 heteroatoms. The molecule has 0 bridgehead atoms. The van der Waals surface area contributed by atoms with Crippen molar-refractivity contribution in [3.05, 3.63) is 96.5 Å². The number of phenols is 1. The molecule has 1 fully saturated rings. The maximum Gasteiger partial charge on any atom is 0.174 e. The number of nitrogens with zero attached hydrogens (tertiary/aromatic N) is 2. The molecule has 2 aromatic heterocycles. The Morgan fingerprint density at radius 3 is 2.52 bits per heavy atom. The molecule has 2 unspecified atom stereocenters. The van der Waals surface area contributed by atoms with Gasteiger partial charge in [0.25, 0.3) is 0 Å². The summed E-state index contributed by atoms with van der Waals surface area (Å²) < 4.78 is 11.9. The van der Waals surface area contributed by atoms with Crippen LogP contribution in [-0.2, 0) is 0 Å². The van der Waals surface area contributed by atoms with E-state index < -0.39 is 0 Å². The maximum atomic E-state index is 9.76. The maximum absolute atomic E-state index is 9.76. The molecule has 0 aliphatic carbocycles. The first-order chi connectivity index (χ1) is 16.1. The second-order valence-corrected chi connectivity index (χ2v) is 8.06. The average molecular weight is 458 g/mol. The molecule has 2 N–H and O–H groups in total. The molecule has 33 heavy (non-hydrogen) atoms. The largest absolute Gasteiger partial charge is 0.508 e. The molecule has 4 aromatic rings. The van der Waals surface area contributed by atoms with Crippen molar-refractivity contribution < 1.29 is 14.3 Å². The van der Waals surface area contributed by atoms with Gasteiger partial charge in [0, 0.05) is 17.4 Å². The predicted octanol–water partition coefficient (Wildman–Crippen LogP) is 5.62. The van der Waals surface area contributed by atoms with Gasteiger partial charge in [0.2, 0.25) is 0 Å². The minimum absolute atomic E-state index is 0.199. The van der Waals surface area contributed by atoms with E-state index in [0.29, 0.717) is 11.7 Å². The normalized spacial score (nSPS) is 17.7. The zero-order valence-electron chi connectivity index (χ0n) is 18.0. The molecule has 0 radical (unpaired) electrons. The van der Waals surface area contributed by atoms with Crippen LogP contribution in [0.2, 0.25) is 0 Å². The van der Waals surface area contributed by atoms with E-state index in [2.05, 4.69) is 10.3 Å². The number of pyridine rings is 1. The third kappa shape index (κ3) is 4.15. The van der Waals surface area contributed by atoms with Crippen LogP contribution >= 0.6 is 12.2 Å². The fraction of sp³-hybridized carbons (Fsp3) is 0.154. The first-order valence-electron chi connectivity index (χ1n) is 10.8. The third-order valence-corrected chi connectivity index (χ3v) is 5.91. The summed E-state index contributed by atoms with van der Waals surface area (Å²) >= 11 is 5.72. The number of ether oxygens (including phenoxy) is 1. The number of benzene rings is 2. The van der Waals surface area contributed by atoms with E-state index in [9.17, 15) is 5.11 Å². The number of thiocarbonyl (C=S) groups is 1. The van der Waals surface area contributed by atoms with Crippen molar-refractivity contribution in [3.8, 4) is 22.8 Å². The number of aromatic hydroxyl groups is 1. The fourth-order valence-electron chi connectivity index (χ4n) is 4.08. The molecule has 0 amide bonds. The Hall–Kier alpha value is -3.84. The molecule has 1 aliphatic heterocycles. The van der Waals surface area contributed by atoms with E-state index in [-0.39, 0.29) is 17.8 Å². The summed E-state index contributed by atoms with van der Waals surface area (Å²) in [4.78, 5) is 6.57. The lowest BCUT2D eigenvalue weighted by atomic mass is 10.0. The molecule has 0 saturated carbocycles. The topological polar surface area (TPSA) is 70.8 Å². The van der Waals surface area contributed by atoms with E-state index in [1.54, 1.807) is 18.3 Å². The van der Waals surface area contributed by atoms with E-state index in [4.69, 9.17) is 21.4 Å². The van der Waals surface area contributed by atoms with Crippen LogP contribution in [0.25, 0.3) is 11.3 Å². The van der Waals surface area contributed by atoms with Crippen molar-refractivity contribution >= 4 is 23.0 Å². The number of hydrogen-bond donors (Lipinski definition) is 2. The summed E-state index contributed by atoms with van der Waals surface area (Å²) in [6, 6.07) is 24.1. The van der Waals surface area contributed by atoms with Gasteiger partial charge in [0.15, 0.2) is 5.11 Å². The molecule has 166 valence electrons. The van der Waals surface area contributed by atoms with Crippen LogP contribution in [0.4, 0.5) is 5.69 Å². The lowest BCUT2D eigenvalue weighted by Crippen LogP contribution is -2.29. The van der Waals surface area contributed by atoms with Gasteiger partial charge in [0.05, 0.1) is 18.3 Å². The van der Waals surface area contributed by atoms with Gasteiger partial charge in [-0.05, 0) is 91.9 Å². The van der Waals surface area contributed by atoms with Gasteiger partial charge in [-0.3, -0.25) is 4.98 Å². The minimum atomic E-state index is -0.256. The van der Waals surface area contributed by atoms with Gasteiger partial charge >= 0.3 is 0 Å².